The van der Waals surface area contributed by atoms with Crippen LogP contribution in [-0.2, 0) is 9.53 Å². The van der Waals surface area contributed by atoms with Gasteiger partial charge in [0.05, 0.1) is 12.5 Å². The number of nitrogens with zero attached hydrogens (tertiary/aromatic N) is 1. The van der Waals surface area contributed by atoms with Crippen LogP contribution in [-0.4, -0.2) is 42.6 Å². The quantitative estimate of drug-likeness (QED) is 0.720. The molecule has 0 radical (unpaired) electrons. The van der Waals surface area contributed by atoms with E-state index in [9.17, 15) is 4.79 Å². The number of nitrogens with two attached hydrogens (primary N) is 1. The lowest BCUT2D eigenvalue weighted by Gasteiger charge is -2.49. The molecule has 4 nitrogen and oxygen atoms in total. The van der Waals surface area contributed by atoms with Crippen molar-refractivity contribution >= 4 is 5.97 Å². The van der Waals surface area contributed by atoms with Gasteiger partial charge in [-0.25, -0.2) is 0 Å². The maximum absolute atomic E-state index is 12.3. The lowest BCUT2D eigenvalue weighted by Crippen LogP contribution is -2.59. The van der Waals surface area contributed by atoms with Gasteiger partial charge in [-0.15, -0.1) is 0 Å². The second-order valence-electron chi connectivity index (χ2n) is 5.38. The topological polar surface area (TPSA) is 55.6 Å². The number of ether oxygens (including phenoxy) is 1. The van der Waals surface area contributed by atoms with Crippen LogP contribution < -0.4 is 5.73 Å². The Morgan fingerprint density at radius 2 is 1.79 bits per heavy atom. The first-order valence-corrected chi connectivity index (χ1v) is 7.78. The molecular weight excluding hydrogens is 240 g/mol. The predicted octanol–water partition coefficient (Wildman–Crippen LogP) is 2.17. The van der Waals surface area contributed by atoms with Gasteiger partial charge in [0.2, 0.25) is 0 Å². The Morgan fingerprint density at radius 1 is 1.21 bits per heavy atom. The molecule has 0 heterocycles. The van der Waals surface area contributed by atoms with Crippen molar-refractivity contribution in [3.63, 3.8) is 0 Å². The van der Waals surface area contributed by atoms with Crippen molar-refractivity contribution in [2.75, 3.05) is 26.2 Å². The summed E-state index contributed by atoms with van der Waals surface area (Å²) in [7, 11) is 0. The van der Waals surface area contributed by atoms with E-state index in [0.717, 1.165) is 25.9 Å². The van der Waals surface area contributed by atoms with Gasteiger partial charge >= 0.3 is 5.97 Å². The molecular formula is C15H30N2O2. The third kappa shape index (κ3) is 3.48. The summed E-state index contributed by atoms with van der Waals surface area (Å²) in [6.45, 7) is 8.94. The smallest absolute Gasteiger partial charge is 0.312 e. The first-order chi connectivity index (χ1) is 9.16. The molecule has 0 aromatic carbocycles. The molecule has 0 amide bonds. The van der Waals surface area contributed by atoms with Gasteiger partial charge in [-0.05, 0) is 32.9 Å². The summed E-state index contributed by atoms with van der Waals surface area (Å²) in [5, 5.41) is 0. The number of rotatable bonds is 7. The molecule has 112 valence electrons. The molecule has 1 saturated carbocycles. The van der Waals surface area contributed by atoms with E-state index < -0.39 is 0 Å². The van der Waals surface area contributed by atoms with Crippen LogP contribution in [0.15, 0.2) is 0 Å². The highest BCUT2D eigenvalue weighted by molar-refractivity contribution is 5.74. The van der Waals surface area contributed by atoms with Gasteiger partial charge in [-0.3, -0.25) is 9.69 Å². The molecule has 1 unspecified atom stereocenters. The Bertz CT molecular complexity index is 271. The summed E-state index contributed by atoms with van der Waals surface area (Å²) in [5.74, 6) is -0.300. The van der Waals surface area contributed by atoms with Crippen molar-refractivity contribution in [3.8, 4) is 0 Å². The molecule has 0 saturated heterocycles. The van der Waals surface area contributed by atoms with Crippen molar-refractivity contribution < 1.29 is 9.53 Å². The van der Waals surface area contributed by atoms with Gasteiger partial charge in [0.1, 0.15) is 0 Å². The van der Waals surface area contributed by atoms with Crippen molar-refractivity contribution in [1.29, 1.82) is 0 Å². The van der Waals surface area contributed by atoms with Gasteiger partial charge in [0.25, 0.3) is 0 Å². The summed E-state index contributed by atoms with van der Waals surface area (Å²) in [6.07, 6.45) is 5.77. The van der Waals surface area contributed by atoms with Gasteiger partial charge in [-0.2, -0.15) is 0 Å². The van der Waals surface area contributed by atoms with Crippen molar-refractivity contribution in [2.24, 2.45) is 11.7 Å². The number of hydrogen-bond donors (Lipinski definition) is 1. The first-order valence-electron chi connectivity index (χ1n) is 7.78. The summed E-state index contributed by atoms with van der Waals surface area (Å²) in [5.41, 5.74) is 5.86. The molecule has 4 heteroatoms. The maximum atomic E-state index is 12.3. The second-order valence-corrected chi connectivity index (χ2v) is 5.38. The van der Waals surface area contributed by atoms with Crippen LogP contribution in [0.3, 0.4) is 0 Å². The Labute approximate surface area is 117 Å². The van der Waals surface area contributed by atoms with Crippen LogP contribution in [0.2, 0.25) is 0 Å². The number of esters is 1. The van der Waals surface area contributed by atoms with Crippen LogP contribution in [0.4, 0.5) is 0 Å². The van der Waals surface area contributed by atoms with Crippen molar-refractivity contribution in [1.82, 2.24) is 4.90 Å². The number of carbonyl (C=O) groups excluding carboxylic acids is 1. The first kappa shape index (κ1) is 16.4. The third-order valence-electron chi connectivity index (χ3n) is 4.57. The van der Waals surface area contributed by atoms with Crippen LogP contribution in [0.1, 0.15) is 52.9 Å². The van der Waals surface area contributed by atoms with E-state index in [1.165, 1.54) is 19.3 Å². The second kappa shape index (κ2) is 7.85. The fourth-order valence-corrected chi connectivity index (χ4v) is 3.68. The average Bonchev–Trinajstić information content (AvgIpc) is 2.42. The average molecular weight is 270 g/mol. The molecule has 1 fully saturated rings. The van der Waals surface area contributed by atoms with Gasteiger partial charge in [0.15, 0.2) is 0 Å². The van der Waals surface area contributed by atoms with E-state index in [-0.39, 0.29) is 17.4 Å². The standard InChI is InChI=1S/C15H30N2O2/c1-4-17(5-2)15(10-8-7-9-11-15)13(12-16)14(18)19-6-3/h13H,4-12,16H2,1-3H3. The highest BCUT2D eigenvalue weighted by atomic mass is 16.5. The molecule has 0 aromatic heterocycles. The van der Waals surface area contributed by atoms with E-state index >= 15 is 0 Å². The van der Waals surface area contributed by atoms with E-state index in [2.05, 4.69) is 18.7 Å². The lowest BCUT2D eigenvalue weighted by molar-refractivity contribution is -0.155. The summed E-state index contributed by atoms with van der Waals surface area (Å²) in [4.78, 5) is 14.7. The van der Waals surface area contributed by atoms with Crippen LogP contribution in [0, 0.1) is 5.92 Å². The molecule has 1 aliphatic rings. The minimum atomic E-state index is -0.187. The molecule has 0 spiro atoms. The third-order valence-corrected chi connectivity index (χ3v) is 4.57. The van der Waals surface area contributed by atoms with Gasteiger partial charge in [0, 0.05) is 12.1 Å². The number of hydrogen-bond acceptors (Lipinski definition) is 4. The van der Waals surface area contributed by atoms with Crippen molar-refractivity contribution in [2.45, 2.75) is 58.4 Å². The fourth-order valence-electron chi connectivity index (χ4n) is 3.68. The zero-order valence-electron chi connectivity index (χ0n) is 12.8. The van der Waals surface area contributed by atoms with Crippen molar-refractivity contribution in [3.05, 3.63) is 0 Å². The maximum Gasteiger partial charge on any atom is 0.312 e. The van der Waals surface area contributed by atoms with E-state index in [4.69, 9.17) is 10.5 Å². The summed E-state index contributed by atoms with van der Waals surface area (Å²) < 4.78 is 5.27. The van der Waals surface area contributed by atoms with Gasteiger partial charge < -0.3 is 10.5 Å². The highest BCUT2D eigenvalue weighted by Crippen LogP contribution is 2.40. The molecule has 0 bridgehead atoms. The Balaban J connectivity index is 3.01. The summed E-state index contributed by atoms with van der Waals surface area (Å²) >= 11 is 0. The summed E-state index contributed by atoms with van der Waals surface area (Å²) in [6, 6.07) is 0. The van der Waals surface area contributed by atoms with Crippen LogP contribution >= 0.6 is 0 Å². The zero-order valence-corrected chi connectivity index (χ0v) is 12.8. The molecule has 0 aliphatic heterocycles. The molecule has 0 aromatic rings. The highest BCUT2D eigenvalue weighted by Gasteiger charge is 2.46. The Kier molecular flexibility index (Phi) is 6.80. The SMILES string of the molecule is CCOC(=O)C(CN)C1(N(CC)CC)CCCCC1. The van der Waals surface area contributed by atoms with E-state index in [1.807, 2.05) is 6.92 Å². The largest absolute Gasteiger partial charge is 0.466 e. The number of carbonyl (C=O) groups is 1. The predicted molar refractivity (Wildman–Crippen MR) is 77.9 cm³/mol. The molecule has 1 atom stereocenters. The monoisotopic (exact) mass is 270 g/mol. The molecule has 1 rings (SSSR count). The minimum Gasteiger partial charge on any atom is -0.466 e. The molecule has 2 N–H and O–H groups in total. The van der Waals surface area contributed by atoms with Crippen LogP contribution in [0.25, 0.3) is 0 Å². The zero-order chi connectivity index (χ0) is 14.3. The fraction of sp³-hybridized carbons (Fsp3) is 0.933. The van der Waals surface area contributed by atoms with Gasteiger partial charge in [-0.1, -0.05) is 33.1 Å². The Hall–Kier alpha value is -0.610. The molecule has 1 aliphatic carbocycles. The molecule has 19 heavy (non-hydrogen) atoms. The lowest BCUT2D eigenvalue weighted by atomic mass is 9.71. The minimum absolute atomic E-state index is 0.0806. The van der Waals surface area contributed by atoms with Crippen LogP contribution in [0.5, 0.6) is 0 Å². The van der Waals surface area contributed by atoms with E-state index in [1.54, 1.807) is 0 Å². The Morgan fingerprint density at radius 3 is 2.21 bits per heavy atom. The van der Waals surface area contributed by atoms with E-state index in [0.29, 0.717) is 13.2 Å². The normalized spacial score (nSPS) is 20.3.